The van der Waals surface area contributed by atoms with Gasteiger partial charge in [-0.05, 0) is 19.8 Å². The monoisotopic (exact) mass is 316 g/mol. The third kappa shape index (κ3) is 3.16. The minimum absolute atomic E-state index is 0.0417. The fraction of sp³-hybridized carbons (Fsp3) is 0.588. The minimum Gasteiger partial charge on any atom is -0.360 e. The molecule has 1 aliphatic heterocycles. The van der Waals surface area contributed by atoms with E-state index in [0.717, 1.165) is 37.5 Å². The van der Waals surface area contributed by atoms with Crippen molar-refractivity contribution < 1.29 is 9.32 Å². The molecule has 124 valence electrons. The Bertz CT molecular complexity index is 674. The number of aromatic nitrogens is 3. The Morgan fingerprint density at radius 1 is 1.48 bits per heavy atom. The van der Waals surface area contributed by atoms with Crippen LogP contribution in [0.3, 0.4) is 0 Å². The first-order chi connectivity index (χ1) is 11.1. The van der Waals surface area contributed by atoms with Crippen LogP contribution < -0.4 is 0 Å². The van der Waals surface area contributed by atoms with Gasteiger partial charge in [0.05, 0.1) is 0 Å². The van der Waals surface area contributed by atoms with E-state index < -0.39 is 0 Å². The molecule has 1 fully saturated rings. The van der Waals surface area contributed by atoms with Crippen LogP contribution in [0.2, 0.25) is 0 Å². The van der Waals surface area contributed by atoms with Gasteiger partial charge in [-0.2, -0.15) is 0 Å². The third-order valence-electron chi connectivity index (χ3n) is 4.48. The van der Waals surface area contributed by atoms with Crippen LogP contribution in [0.4, 0.5) is 0 Å². The molecule has 1 saturated heterocycles. The summed E-state index contributed by atoms with van der Waals surface area (Å²) in [6, 6.07) is 1.77. The molecule has 0 unspecified atom stereocenters. The van der Waals surface area contributed by atoms with E-state index in [1.807, 2.05) is 31.1 Å². The van der Waals surface area contributed by atoms with Crippen molar-refractivity contribution in [1.29, 1.82) is 0 Å². The van der Waals surface area contributed by atoms with Crippen molar-refractivity contribution in [3.63, 3.8) is 0 Å². The van der Waals surface area contributed by atoms with E-state index in [1.54, 1.807) is 6.07 Å². The fourth-order valence-corrected chi connectivity index (χ4v) is 3.14. The van der Waals surface area contributed by atoms with Crippen LogP contribution in [-0.4, -0.2) is 38.6 Å². The summed E-state index contributed by atoms with van der Waals surface area (Å²) in [6.45, 7) is 8.53. The second-order valence-corrected chi connectivity index (χ2v) is 6.43. The highest BCUT2D eigenvalue weighted by Crippen LogP contribution is 2.27. The van der Waals surface area contributed by atoms with Crippen molar-refractivity contribution in [2.45, 2.75) is 52.0 Å². The molecule has 0 spiro atoms. The maximum atomic E-state index is 12.7. The molecule has 1 atom stereocenters. The molecule has 3 heterocycles. The average molecular weight is 316 g/mol. The Balaban J connectivity index is 1.74. The molecule has 3 rings (SSSR count). The van der Waals surface area contributed by atoms with Crippen LogP contribution in [-0.2, 0) is 6.54 Å². The summed E-state index contributed by atoms with van der Waals surface area (Å²) >= 11 is 0. The predicted molar refractivity (Wildman–Crippen MR) is 86.4 cm³/mol. The van der Waals surface area contributed by atoms with Gasteiger partial charge in [0.1, 0.15) is 11.6 Å². The third-order valence-corrected chi connectivity index (χ3v) is 4.48. The molecule has 2 aromatic heterocycles. The normalized spacial score (nSPS) is 18.6. The van der Waals surface area contributed by atoms with Gasteiger partial charge in [0.2, 0.25) is 0 Å². The topological polar surface area (TPSA) is 64.2 Å². The molecule has 0 aliphatic carbocycles. The van der Waals surface area contributed by atoms with Gasteiger partial charge in [-0.15, -0.1) is 0 Å². The van der Waals surface area contributed by atoms with Gasteiger partial charge < -0.3 is 14.0 Å². The SMILES string of the molecule is CCn1ccnc1[C@@H]1CCCN(C(=O)c2cc(C(C)C)on2)C1. The molecule has 0 saturated carbocycles. The lowest BCUT2D eigenvalue weighted by Crippen LogP contribution is -2.39. The zero-order chi connectivity index (χ0) is 16.4. The number of imidazole rings is 1. The smallest absolute Gasteiger partial charge is 0.276 e. The molecular formula is C17H24N4O2. The molecule has 0 aromatic carbocycles. The molecule has 2 aromatic rings. The van der Waals surface area contributed by atoms with Gasteiger partial charge in [-0.1, -0.05) is 19.0 Å². The van der Waals surface area contributed by atoms with E-state index in [4.69, 9.17) is 4.52 Å². The highest BCUT2D eigenvalue weighted by atomic mass is 16.5. The minimum atomic E-state index is -0.0417. The van der Waals surface area contributed by atoms with E-state index in [0.29, 0.717) is 18.2 Å². The molecule has 23 heavy (non-hydrogen) atoms. The Morgan fingerprint density at radius 3 is 3.00 bits per heavy atom. The van der Waals surface area contributed by atoms with E-state index in [2.05, 4.69) is 21.6 Å². The Kier molecular flexibility index (Phi) is 4.50. The number of nitrogens with zero attached hydrogens (tertiary/aromatic N) is 4. The van der Waals surface area contributed by atoms with E-state index >= 15 is 0 Å². The van der Waals surface area contributed by atoms with Crippen molar-refractivity contribution in [2.75, 3.05) is 13.1 Å². The summed E-state index contributed by atoms with van der Waals surface area (Å²) in [6.07, 6.45) is 5.90. The number of rotatable bonds is 4. The predicted octanol–water partition coefficient (Wildman–Crippen LogP) is 3.03. The van der Waals surface area contributed by atoms with Crippen molar-refractivity contribution in [1.82, 2.24) is 19.6 Å². The Labute approximate surface area is 136 Å². The summed E-state index contributed by atoms with van der Waals surface area (Å²) < 4.78 is 7.42. The zero-order valence-corrected chi connectivity index (χ0v) is 14.0. The molecule has 6 heteroatoms. The summed E-state index contributed by atoms with van der Waals surface area (Å²) in [5.41, 5.74) is 0.410. The maximum absolute atomic E-state index is 12.7. The van der Waals surface area contributed by atoms with Crippen LogP contribution in [0.15, 0.2) is 23.0 Å². The average Bonchev–Trinajstić information content (AvgIpc) is 3.23. The first-order valence-corrected chi connectivity index (χ1v) is 8.37. The highest BCUT2D eigenvalue weighted by molar-refractivity contribution is 5.92. The van der Waals surface area contributed by atoms with Gasteiger partial charge in [0, 0.05) is 49.9 Å². The number of hydrogen-bond donors (Lipinski definition) is 0. The summed E-state index contributed by atoms with van der Waals surface area (Å²) in [5.74, 6) is 2.31. The maximum Gasteiger partial charge on any atom is 0.276 e. The number of hydrogen-bond acceptors (Lipinski definition) is 4. The largest absolute Gasteiger partial charge is 0.360 e. The van der Waals surface area contributed by atoms with Gasteiger partial charge in [0.15, 0.2) is 5.69 Å². The lowest BCUT2D eigenvalue weighted by atomic mass is 9.96. The number of carbonyl (C=O) groups is 1. The molecule has 0 radical (unpaired) electrons. The van der Waals surface area contributed by atoms with Gasteiger partial charge >= 0.3 is 0 Å². The van der Waals surface area contributed by atoms with Crippen molar-refractivity contribution in [2.24, 2.45) is 0 Å². The zero-order valence-electron chi connectivity index (χ0n) is 14.0. The quantitative estimate of drug-likeness (QED) is 0.869. The first-order valence-electron chi connectivity index (χ1n) is 8.37. The van der Waals surface area contributed by atoms with Crippen LogP contribution in [0.5, 0.6) is 0 Å². The fourth-order valence-electron chi connectivity index (χ4n) is 3.14. The molecular weight excluding hydrogens is 292 g/mol. The Hall–Kier alpha value is -2.11. The molecule has 0 bridgehead atoms. The lowest BCUT2D eigenvalue weighted by molar-refractivity contribution is 0.0692. The van der Waals surface area contributed by atoms with E-state index in [9.17, 15) is 4.79 Å². The van der Waals surface area contributed by atoms with Crippen molar-refractivity contribution in [3.8, 4) is 0 Å². The standard InChI is InChI=1S/C17H24N4O2/c1-4-20-9-7-18-16(20)13-6-5-8-21(11-13)17(22)14-10-15(12(2)3)23-19-14/h7,9-10,12-13H,4-6,8,11H2,1-3H3/t13-/m1/s1. The lowest BCUT2D eigenvalue weighted by Gasteiger charge is -2.32. The van der Waals surface area contributed by atoms with Gasteiger partial charge in [-0.3, -0.25) is 4.79 Å². The van der Waals surface area contributed by atoms with Crippen LogP contribution >= 0.6 is 0 Å². The molecule has 6 nitrogen and oxygen atoms in total. The number of aryl methyl sites for hydroxylation is 1. The Morgan fingerprint density at radius 2 is 2.30 bits per heavy atom. The molecule has 0 N–H and O–H groups in total. The van der Waals surface area contributed by atoms with Gasteiger partial charge in [-0.25, -0.2) is 4.98 Å². The second kappa shape index (κ2) is 6.56. The number of amides is 1. The van der Waals surface area contributed by atoms with Crippen molar-refractivity contribution in [3.05, 3.63) is 35.7 Å². The number of piperidine rings is 1. The number of carbonyl (C=O) groups excluding carboxylic acids is 1. The summed E-state index contributed by atoms with van der Waals surface area (Å²) in [5, 5.41) is 3.95. The second-order valence-electron chi connectivity index (χ2n) is 6.43. The van der Waals surface area contributed by atoms with Crippen molar-refractivity contribution >= 4 is 5.91 Å². The highest BCUT2D eigenvalue weighted by Gasteiger charge is 2.29. The van der Waals surface area contributed by atoms with Crippen LogP contribution in [0.1, 0.15) is 67.5 Å². The molecule has 1 aliphatic rings. The molecule has 1 amide bonds. The van der Waals surface area contributed by atoms with E-state index in [1.165, 1.54) is 0 Å². The van der Waals surface area contributed by atoms with E-state index in [-0.39, 0.29) is 11.8 Å². The van der Waals surface area contributed by atoms with Crippen LogP contribution in [0, 0.1) is 0 Å². The summed E-state index contributed by atoms with van der Waals surface area (Å²) in [7, 11) is 0. The summed E-state index contributed by atoms with van der Waals surface area (Å²) in [4.78, 5) is 19.1. The first kappa shape index (κ1) is 15.8. The van der Waals surface area contributed by atoms with Crippen LogP contribution in [0.25, 0.3) is 0 Å². The number of likely N-dealkylation sites (tertiary alicyclic amines) is 1. The van der Waals surface area contributed by atoms with Gasteiger partial charge in [0.25, 0.3) is 5.91 Å².